The van der Waals surface area contributed by atoms with Gasteiger partial charge in [-0.05, 0) is 42.9 Å². The van der Waals surface area contributed by atoms with E-state index < -0.39 is 0 Å². The molecule has 0 spiro atoms. The molecule has 1 aliphatic rings. The molecule has 1 aliphatic heterocycles. The Kier molecular flexibility index (Phi) is 4.50. The Labute approximate surface area is 127 Å². The van der Waals surface area contributed by atoms with Crippen LogP contribution in [-0.2, 0) is 10.2 Å². The fraction of sp³-hybridized carbons (Fsp3) is 0.556. The summed E-state index contributed by atoms with van der Waals surface area (Å²) < 4.78 is 0. The quantitative estimate of drug-likeness (QED) is 0.852. The van der Waals surface area contributed by atoms with Crippen LogP contribution in [0.4, 0.5) is 0 Å². The summed E-state index contributed by atoms with van der Waals surface area (Å²) >= 11 is 0. The highest BCUT2D eigenvalue weighted by Crippen LogP contribution is 2.25. The van der Waals surface area contributed by atoms with E-state index in [1.165, 1.54) is 5.56 Å². The lowest BCUT2D eigenvalue weighted by Crippen LogP contribution is -2.36. The number of amides is 1. The molecule has 1 heterocycles. The number of carbonyl (C=O) groups is 2. The maximum atomic E-state index is 12.6. The molecule has 0 bridgehead atoms. The van der Waals surface area contributed by atoms with Gasteiger partial charge in [0.1, 0.15) is 5.78 Å². The first-order chi connectivity index (χ1) is 9.79. The zero-order valence-corrected chi connectivity index (χ0v) is 13.5. The van der Waals surface area contributed by atoms with E-state index in [1.807, 2.05) is 29.2 Å². The van der Waals surface area contributed by atoms with E-state index in [4.69, 9.17) is 0 Å². The van der Waals surface area contributed by atoms with Crippen LogP contribution in [0.1, 0.15) is 62.9 Å². The number of nitrogens with zero attached hydrogens (tertiary/aromatic N) is 1. The number of rotatable bonds is 3. The molecule has 0 radical (unpaired) electrons. The predicted octanol–water partition coefficient (Wildman–Crippen LogP) is 3.57. The minimum Gasteiger partial charge on any atom is -0.335 e. The summed E-state index contributed by atoms with van der Waals surface area (Å²) in [5.74, 6) is 0.210. The second kappa shape index (κ2) is 6.00. The summed E-state index contributed by atoms with van der Waals surface area (Å²) in [6.07, 6.45) is 2.40. The maximum Gasteiger partial charge on any atom is 0.254 e. The molecule has 1 saturated heterocycles. The van der Waals surface area contributed by atoms with Crippen LogP contribution >= 0.6 is 0 Å². The molecule has 21 heavy (non-hydrogen) atoms. The van der Waals surface area contributed by atoms with E-state index in [0.29, 0.717) is 6.42 Å². The van der Waals surface area contributed by atoms with Crippen LogP contribution in [0.5, 0.6) is 0 Å². The maximum absolute atomic E-state index is 12.6. The molecule has 1 aromatic carbocycles. The Hall–Kier alpha value is -1.64. The number of hydrogen-bond acceptors (Lipinski definition) is 2. The van der Waals surface area contributed by atoms with Crippen molar-refractivity contribution in [3.63, 3.8) is 0 Å². The molecule has 114 valence electrons. The lowest BCUT2D eigenvalue weighted by atomic mass is 9.86. The molecule has 0 saturated carbocycles. The van der Waals surface area contributed by atoms with E-state index in [0.717, 1.165) is 24.9 Å². The highest BCUT2D eigenvalue weighted by atomic mass is 16.2. The van der Waals surface area contributed by atoms with Gasteiger partial charge in [-0.15, -0.1) is 0 Å². The van der Waals surface area contributed by atoms with Crippen molar-refractivity contribution < 1.29 is 9.59 Å². The monoisotopic (exact) mass is 287 g/mol. The van der Waals surface area contributed by atoms with E-state index in [9.17, 15) is 9.59 Å². The van der Waals surface area contributed by atoms with Crippen molar-refractivity contribution in [1.29, 1.82) is 0 Å². The molecule has 0 aliphatic carbocycles. The van der Waals surface area contributed by atoms with Crippen molar-refractivity contribution in [3.05, 3.63) is 35.4 Å². The summed E-state index contributed by atoms with van der Waals surface area (Å²) in [6.45, 7) is 8.84. The highest BCUT2D eigenvalue weighted by Gasteiger charge is 2.30. The third-order valence-electron chi connectivity index (χ3n) is 4.16. The normalized spacial score (nSPS) is 18.9. The lowest BCUT2D eigenvalue weighted by molar-refractivity contribution is -0.117. The summed E-state index contributed by atoms with van der Waals surface area (Å²) in [4.78, 5) is 25.8. The van der Waals surface area contributed by atoms with Gasteiger partial charge < -0.3 is 4.90 Å². The molecule has 1 atom stereocenters. The van der Waals surface area contributed by atoms with Crippen LogP contribution < -0.4 is 0 Å². The molecule has 1 amide bonds. The molecule has 1 unspecified atom stereocenters. The van der Waals surface area contributed by atoms with Crippen LogP contribution in [0.15, 0.2) is 24.3 Å². The minimum atomic E-state index is 0.0548. The largest absolute Gasteiger partial charge is 0.335 e. The van der Waals surface area contributed by atoms with E-state index in [2.05, 4.69) is 20.8 Å². The Morgan fingerprint density at radius 2 is 1.81 bits per heavy atom. The topological polar surface area (TPSA) is 37.4 Å². The van der Waals surface area contributed by atoms with Crippen molar-refractivity contribution in [2.24, 2.45) is 0 Å². The zero-order chi connectivity index (χ0) is 15.6. The van der Waals surface area contributed by atoms with Crippen molar-refractivity contribution in [2.45, 2.75) is 58.4 Å². The predicted molar refractivity (Wildman–Crippen MR) is 84.5 cm³/mol. The van der Waals surface area contributed by atoms with Crippen molar-refractivity contribution in [2.75, 3.05) is 6.54 Å². The molecular weight excluding hydrogens is 262 g/mol. The van der Waals surface area contributed by atoms with Crippen LogP contribution in [-0.4, -0.2) is 29.2 Å². The van der Waals surface area contributed by atoms with Gasteiger partial charge in [-0.1, -0.05) is 32.9 Å². The number of carbonyl (C=O) groups excluding carboxylic acids is 2. The number of benzene rings is 1. The van der Waals surface area contributed by atoms with E-state index in [-0.39, 0.29) is 23.1 Å². The number of ketones is 1. The third-order valence-corrected chi connectivity index (χ3v) is 4.16. The first-order valence-corrected chi connectivity index (χ1v) is 7.70. The van der Waals surface area contributed by atoms with Gasteiger partial charge in [0.15, 0.2) is 0 Å². The van der Waals surface area contributed by atoms with Gasteiger partial charge in [0.05, 0.1) is 0 Å². The smallest absolute Gasteiger partial charge is 0.254 e. The average Bonchev–Trinajstić information content (AvgIpc) is 2.84. The minimum absolute atomic E-state index is 0.0548. The number of Topliss-reactive ketones (excluding diaryl/α,β-unsaturated/α-hetero) is 1. The summed E-state index contributed by atoms with van der Waals surface area (Å²) in [7, 11) is 0. The molecule has 3 heteroatoms. The molecule has 2 rings (SSSR count). The van der Waals surface area contributed by atoms with Gasteiger partial charge in [0.25, 0.3) is 5.91 Å². The Morgan fingerprint density at radius 1 is 1.19 bits per heavy atom. The van der Waals surface area contributed by atoms with Crippen LogP contribution in [0.25, 0.3) is 0 Å². The fourth-order valence-corrected chi connectivity index (χ4v) is 2.93. The summed E-state index contributed by atoms with van der Waals surface area (Å²) in [5.41, 5.74) is 2.03. The van der Waals surface area contributed by atoms with Crippen molar-refractivity contribution >= 4 is 11.7 Å². The standard InChI is InChI=1S/C18H25NO2/c1-13(20)12-16-6-5-11-19(16)17(21)14-7-9-15(10-8-14)18(2,3)4/h7-10,16H,5-6,11-12H2,1-4H3. The van der Waals surface area contributed by atoms with Crippen molar-refractivity contribution in [3.8, 4) is 0 Å². The Balaban J connectivity index is 2.14. The molecule has 0 aromatic heterocycles. The van der Waals surface area contributed by atoms with Crippen LogP contribution in [0.3, 0.4) is 0 Å². The van der Waals surface area contributed by atoms with Gasteiger partial charge in [0.2, 0.25) is 0 Å². The molecule has 0 N–H and O–H groups in total. The molecule has 1 aromatic rings. The average molecular weight is 287 g/mol. The molecule has 3 nitrogen and oxygen atoms in total. The summed E-state index contributed by atoms with van der Waals surface area (Å²) in [6, 6.07) is 7.96. The van der Waals surface area contributed by atoms with Gasteiger partial charge in [-0.25, -0.2) is 0 Å². The number of likely N-dealkylation sites (tertiary alicyclic amines) is 1. The van der Waals surface area contributed by atoms with Gasteiger partial charge in [0, 0.05) is 24.6 Å². The fourth-order valence-electron chi connectivity index (χ4n) is 2.93. The first-order valence-electron chi connectivity index (χ1n) is 7.70. The first kappa shape index (κ1) is 15.7. The third kappa shape index (κ3) is 3.72. The van der Waals surface area contributed by atoms with Gasteiger partial charge in [-0.2, -0.15) is 0 Å². The SMILES string of the molecule is CC(=O)CC1CCCN1C(=O)c1ccc(C(C)(C)C)cc1. The zero-order valence-electron chi connectivity index (χ0n) is 13.5. The second-order valence-corrected chi connectivity index (χ2v) is 7.03. The Bertz CT molecular complexity index is 525. The molecular formula is C18H25NO2. The van der Waals surface area contributed by atoms with E-state index in [1.54, 1.807) is 6.92 Å². The summed E-state index contributed by atoms with van der Waals surface area (Å²) in [5, 5.41) is 0. The second-order valence-electron chi connectivity index (χ2n) is 7.03. The van der Waals surface area contributed by atoms with Gasteiger partial charge in [-0.3, -0.25) is 9.59 Å². The Morgan fingerprint density at radius 3 is 2.33 bits per heavy atom. The van der Waals surface area contributed by atoms with Crippen LogP contribution in [0.2, 0.25) is 0 Å². The lowest BCUT2D eigenvalue weighted by Gasteiger charge is -2.25. The van der Waals surface area contributed by atoms with Crippen LogP contribution in [0, 0.1) is 0 Å². The van der Waals surface area contributed by atoms with E-state index >= 15 is 0 Å². The molecule has 1 fully saturated rings. The highest BCUT2D eigenvalue weighted by molar-refractivity contribution is 5.95. The van der Waals surface area contributed by atoms with Crippen molar-refractivity contribution in [1.82, 2.24) is 4.90 Å². The number of hydrogen-bond donors (Lipinski definition) is 0. The van der Waals surface area contributed by atoms with Gasteiger partial charge >= 0.3 is 0 Å².